The Labute approximate surface area is 158 Å². The summed E-state index contributed by atoms with van der Waals surface area (Å²) < 4.78 is 27.9. The van der Waals surface area contributed by atoms with Gasteiger partial charge in [-0.2, -0.15) is 5.10 Å². The molecule has 1 atom stereocenters. The van der Waals surface area contributed by atoms with E-state index in [2.05, 4.69) is 24.9 Å². The van der Waals surface area contributed by atoms with Gasteiger partial charge in [0.05, 0.1) is 0 Å². The Hall–Kier alpha value is -2.29. The highest BCUT2D eigenvalue weighted by atomic mass is 19.3. The van der Waals surface area contributed by atoms with E-state index >= 15 is 0 Å². The van der Waals surface area contributed by atoms with Crippen LogP contribution in [-0.4, -0.2) is 64.9 Å². The maximum absolute atomic E-state index is 13.2. The first-order valence-corrected chi connectivity index (χ1v) is 9.10. The monoisotopic (exact) mass is 379 g/mol. The Morgan fingerprint density at radius 2 is 1.96 bits per heavy atom. The van der Waals surface area contributed by atoms with Crippen LogP contribution in [-0.2, 0) is 13.6 Å². The summed E-state index contributed by atoms with van der Waals surface area (Å²) in [6.45, 7) is 2.19. The van der Waals surface area contributed by atoms with E-state index in [1.807, 2.05) is 32.1 Å². The van der Waals surface area contributed by atoms with Gasteiger partial charge in [-0.1, -0.05) is 0 Å². The van der Waals surface area contributed by atoms with E-state index in [1.54, 1.807) is 19.6 Å². The minimum atomic E-state index is -2.55. The van der Waals surface area contributed by atoms with Crippen LogP contribution in [0.25, 0.3) is 0 Å². The van der Waals surface area contributed by atoms with Gasteiger partial charge in [0.15, 0.2) is 0 Å². The summed E-state index contributed by atoms with van der Waals surface area (Å²) in [4.78, 5) is 15.0. The average Bonchev–Trinajstić information content (AvgIpc) is 3.02. The molecule has 0 radical (unpaired) electrons. The Balaban J connectivity index is 1.70. The van der Waals surface area contributed by atoms with Crippen molar-refractivity contribution in [3.8, 4) is 0 Å². The van der Waals surface area contributed by atoms with E-state index in [0.29, 0.717) is 12.1 Å². The molecule has 0 amide bonds. The molecule has 1 aliphatic heterocycles. The molecule has 1 aliphatic rings. The fraction of sp³-hybridized carbons (Fsp3) is 0.611. The van der Waals surface area contributed by atoms with Crippen LogP contribution in [0.15, 0.2) is 18.6 Å². The number of rotatable bonds is 6. The van der Waals surface area contributed by atoms with Crippen molar-refractivity contribution in [2.45, 2.75) is 31.9 Å². The smallest absolute Gasteiger partial charge is 0.282 e. The van der Waals surface area contributed by atoms with Crippen molar-refractivity contribution in [3.05, 3.63) is 29.8 Å². The molecule has 148 valence electrons. The molecule has 3 heterocycles. The summed E-state index contributed by atoms with van der Waals surface area (Å²) in [5.41, 5.74) is 0.493. The van der Waals surface area contributed by atoms with E-state index in [1.165, 1.54) is 4.68 Å². The standard InChI is InChI=1S/C18H27F2N7/c1-24(2)15-8-16(22-12-21-15)26(4)14-6-5-7-27(11-14)10-13-9-25(3)23-17(13)18(19)20/h8-9,12,14,18H,5-7,10-11H2,1-4H3. The quantitative estimate of drug-likeness (QED) is 0.768. The molecule has 9 heteroatoms. The van der Waals surface area contributed by atoms with Crippen molar-refractivity contribution in [1.29, 1.82) is 0 Å². The fourth-order valence-corrected chi connectivity index (χ4v) is 3.55. The van der Waals surface area contributed by atoms with Gasteiger partial charge < -0.3 is 9.80 Å². The second-order valence-corrected chi connectivity index (χ2v) is 7.28. The lowest BCUT2D eigenvalue weighted by Crippen LogP contribution is -2.46. The molecule has 7 nitrogen and oxygen atoms in total. The van der Waals surface area contributed by atoms with Gasteiger partial charge in [-0.25, -0.2) is 18.7 Å². The molecule has 2 aromatic rings. The number of hydrogen-bond acceptors (Lipinski definition) is 6. The molecule has 1 fully saturated rings. The molecule has 0 N–H and O–H groups in total. The Kier molecular flexibility index (Phi) is 5.88. The second-order valence-electron chi connectivity index (χ2n) is 7.28. The molecule has 0 spiro atoms. The summed E-state index contributed by atoms with van der Waals surface area (Å²) in [6, 6.07) is 2.24. The van der Waals surface area contributed by atoms with Crippen molar-refractivity contribution >= 4 is 11.6 Å². The number of aromatic nitrogens is 4. The zero-order chi connectivity index (χ0) is 19.6. The van der Waals surface area contributed by atoms with Crippen LogP contribution in [0.2, 0.25) is 0 Å². The van der Waals surface area contributed by atoms with Gasteiger partial charge >= 0.3 is 0 Å². The first-order chi connectivity index (χ1) is 12.8. The Bertz CT molecular complexity index is 762. The van der Waals surface area contributed by atoms with Gasteiger partial charge in [-0.15, -0.1) is 0 Å². The molecule has 0 saturated carbocycles. The molecule has 0 bridgehead atoms. The second kappa shape index (κ2) is 8.16. The number of anilines is 2. The number of halogens is 2. The van der Waals surface area contributed by atoms with Crippen LogP contribution in [0.3, 0.4) is 0 Å². The molecule has 1 saturated heterocycles. The summed E-state index contributed by atoms with van der Waals surface area (Å²) in [7, 11) is 7.61. The van der Waals surface area contributed by atoms with E-state index < -0.39 is 6.43 Å². The normalized spacial score (nSPS) is 18.1. The van der Waals surface area contributed by atoms with Crippen molar-refractivity contribution in [1.82, 2.24) is 24.6 Å². The highest BCUT2D eigenvalue weighted by Crippen LogP contribution is 2.26. The van der Waals surface area contributed by atoms with Crippen molar-refractivity contribution in [2.75, 3.05) is 44.0 Å². The fourth-order valence-electron chi connectivity index (χ4n) is 3.55. The largest absolute Gasteiger partial charge is 0.363 e. The molecule has 3 rings (SSSR count). The first-order valence-electron chi connectivity index (χ1n) is 9.10. The zero-order valence-corrected chi connectivity index (χ0v) is 16.3. The van der Waals surface area contributed by atoms with E-state index in [9.17, 15) is 8.78 Å². The predicted molar refractivity (Wildman–Crippen MR) is 101 cm³/mol. The van der Waals surface area contributed by atoms with Crippen LogP contribution in [0, 0.1) is 0 Å². The van der Waals surface area contributed by atoms with Crippen LogP contribution >= 0.6 is 0 Å². The minimum Gasteiger partial charge on any atom is -0.363 e. The third-order valence-electron chi connectivity index (χ3n) is 5.02. The van der Waals surface area contributed by atoms with Gasteiger partial charge in [-0.05, 0) is 19.4 Å². The van der Waals surface area contributed by atoms with Crippen molar-refractivity contribution in [3.63, 3.8) is 0 Å². The summed E-state index contributed by atoms with van der Waals surface area (Å²) in [5.74, 6) is 1.73. The van der Waals surface area contributed by atoms with Gasteiger partial charge in [0, 0.05) is 65.1 Å². The third-order valence-corrected chi connectivity index (χ3v) is 5.02. The lowest BCUT2D eigenvalue weighted by atomic mass is 10.0. The van der Waals surface area contributed by atoms with E-state index in [4.69, 9.17) is 0 Å². The van der Waals surface area contributed by atoms with Crippen LogP contribution < -0.4 is 9.80 Å². The van der Waals surface area contributed by atoms with Crippen LogP contribution in [0.4, 0.5) is 20.4 Å². The molecule has 0 aromatic carbocycles. The third kappa shape index (κ3) is 4.52. The lowest BCUT2D eigenvalue weighted by Gasteiger charge is -2.38. The van der Waals surface area contributed by atoms with Gasteiger partial charge in [-0.3, -0.25) is 9.58 Å². The highest BCUT2D eigenvalue weighted by molar-refractivity contribution is 5.49. The number of likely N-dealkylation sites (tertiary alicyclic amines) is 1. The number of alkyl halides is 2. The number of nitrogens with zero attached hydrogens (tertiary/aromatic N) is 7. The predicted octanol–water partition coefficient (Wildman–Crippen LogP) is 2.31. The Morgan fingerprint density at radius 3 is 2.67 bits per heavy atom. The number of likely N-dealkylation sites (N-methyl/N-ethyl adjacent to an activating group) is 1. The van der Waals surface area contributed by atoms with Crippen LogP contribution in [0.1, 0.15) is 30.5 Å². The maximum Gasteiger partial charge on any atom is 0.282 e. The maximum atomic E-state index is 13.2. The van der Waals surface area contributed by atoms with E-state index in [-0.39, 0.29) is 11.7 Å². The molecule has 1 unspecified atom stereocenters. The Morgan fingerprint density at radius 1 is 1.22 bits per heavy atom. The molecule has 0 aliphatic carbocycles. The van der Waals surface area contributed by atoms with Gasteiger partial charge in [0.1, 0.15) is 23.7 Å². The number of aryl methyl sites for hydroxylation is 1. The average molecular weight is 379 g/mol. The first kappa shape index (κ1) is 19.5. The molecular formula is C18H27F2N7. The number of piperidine rings is 1. The van der Waals surface area contributed by atoms with Gasteiger partial charge in [0.2, 0.25) is 0 Å². The minimum absolute atomic E-state index is 0.112. The van der Waals surface area contributed by atoms with Crippen molar-refractivity contribution in [2.24, 2.45) is 7.05 Å². The lowest BCUT2D eigenvalue weighted by molar-refractivity contribution is 0.140. The summed E-state index contributed by atoms with van der Waals surface area (Å²) in [5, 5.41) is 3.91. The van der Waals surface area contributed by atoms with Gasteiger partial charge in [0.25, 0.3) is 6.43 Å². The zero-order valence-electron chi connectivity index (χ0n) is 16.3. The SMILES string of the molecule is CN(C)c1cc(N(C)C2CCCN(Cc3cn(C)nc3C(F)F)C2)ncn1. The van der Waals surface area contributed by atoms with E-state index in [0.717, 1.165) is 37.6 Å². The molecular weight excluding hydrogens is 352 g/mol. The van der Waals surface area contributed by atoms with Crippen LogP contribution in [0.5, 0.6) is 0 Å². The molecule has 2 aromatic heterocycles. The topological polar surface area (TPSA) is 53.3 Å². The molecule has 27 heavy (non-hydrogen) atoms. The summed E-state index contributed by atoms with van der Waals surface area (Å²) in [6.07, 6.45) is 2.79. The highest BCUT2D eigenvalue weighted by Gasteiger charge is 2.26. The number of hydrogen-bond donors (Lipinski definition) is 0. The van der Waals surface area contributed by atoms with Crippen molar-refractivity contribution < 1.29 is 8.78 Å². The summed E-state index contributed by atoms with van der Waals surface area (Å²) >= 11 is 0.